The van der Waals surface area contributed by atoms with E-state index in [9.17, 15) is 14.9 Å². The zero-order valence-corrected chi connectivity index (χ0v) is 14.8. The third-order valence-corrected chi connectivity index (χ3v) is 4.48. The number of amides is 1. The van der Waals surface area contributed by atoms with E-state index in [2.05, 4.69) is 0 Å². The van der Waals surface area contributed by atoms with E-state index < -0.39 is 4.92 Å². The van der Waals surface area contributed by atoms with Crippen LogP contribution in [0.1, 0.15) is 36.9 Å². The van der Waals surface area contributed by atoms with Crippen LogP contribution in [0.3, 0.4) is 0 Å². The van der Waals surface area contributed by atoms with Crippen molar-refractivity contribution in [2.45, 2.75) is 25.8 Å². The fourth-order valence-corrected chi connectivity index (χ4v) is 2.65. The Balaban J connectivity index is 2.17. The molecule has 0 bridgehead atoms. The first-order valence-electron chi connectivity index (χ1n) is 8.00. The summed E-state index contributed by atoms with van der Waals surface area (Å²) in [6.45, 7) is 3.71. The first kappa shape index (κ1) is 18.4. The van der Waals surface area contributed by atoms with Crippen LogP contribution in [0.4, 0.5) is 5.69 Å². The summed E-state index contributed by atoms with van der Waals surface area (Å²) in [4.78, 5) is 24.9. The van der Waals surface area contributed by atoms with Gasteiger partial charge in [0, 0.05) is 19.2 Å². The number of benzene rings is 2. The number of nitrogens with zero attached hydrogens (tertiary/aromatic N) is 2. The van der Waals surface area contributed by atoms with Gasteiger partial charge in [-0.15, -0.1) is 0 Å². The average molecular weight is 342 g/mol. The lowest BCUT2D eigenvalue weighted by Crippen LogP contribution is -2.33. The van der Waals surface area contributed by atoms with Crippen LogP contribution in [0.2, 0.25) is 0 Å². The van der Waals surface area contributed by atoms with Crippen molar-refractivity contribution in [1.82, 2.24) is 4.90 Å². The van der Waals surface area contributed by atoms with Crippen LogP contribution in [-0.4, -0.2) is 29.9 Å². The van der Waals surface area contributed by atoms with Gasteiger partial charge in [-0.05, 0) is 37.1 Å². The van der Waals surface area contributed by atoms with Gasteiger partial charge in [0.05, 0.1) is 24.0 Å². The second-order valence-electron chi connectivity index (χ2n) is 5.97. The number of methoxy groups -OCH3 is 1. The second-order valence-corrected chi connectivity index (χ2v) is 5.97. The summed E-state index contributed by atoms with van der Waals surface area (Å²) < 4.78 is 5.13. The summed E-state index contributed by atoms with van der Waals surface area (Å²) in [6, 6.07) is 13.5. The third-order valence-electron chi connectivity index (χ3n) is 4.48. The van der Waals surface area contributed by atoms with Gasteiger partial charge in [0.25, 0.3) is 5.69 Å². The maximum atomic E-state index is 12.8. The molecular weight excluding hydrogens is 320 g/mol. The molecule has 0 fully saturated rings. The molecule has 0 aromatic heterocycles. The van der Waals surface area contributed by atoms with Crippen molar-refractivity contribution in [3.05, 3.63) is 69.8 Å². The van der Waals surface area contributed by atoms with Crippen LogP contribution < -0.4 is 4.74 Å². The Morgan fingerprint density at radius 1 is 1.12 bits per heavy atom. The summed E-state index contributed by atoms with van der Waals surface area (Å²) in [5.41, 5.74) is 1.64. The lowest BCUT2D eigenvalue weighted by Gasteiger charge is -2.28. The average Bonchev–Trinajstić information content (AvgIpc) is 2.65. The number of hydrogen-bond donors (Lipinski definition) is 0. The summed E-state index contributed by atoms with van der Waals surface area (Å²) in [5.74, 6) is 0.364. The van der Waals surface area contributed by atoms with Gasteiger partial charge in [0.1, 0.15) is 5.75 Å². The zero-order valence-electron chi connectivity index (χ0n) is 14.8. The number of nitro groups is 1. The highest BCUT2D eigenvalue weighted by Gasteiger charge is 2.24. The van der Waals surface area contributed by atoms with Crippen LogP contribution in [0, 0.1) is 10.1 Å². The van der Waals surface area contributed by atoms with E-state index in [1.807, 2.05) is 38.1 Å². The molecule has 0 aliphatic heterocycles. The van der Waals surface area contributed by atoms with Crippen LogP contribution in [0.5, 0.6) is 5.75 Å². The molecule has 0 spiro atoms. The number of non-ortho nitro benzene ring substituents is 1. The van der Waals surface area contributed by atoms with Gasteiger partial charge < -0.3 is 9.64 Å². The fraction of sp³-hybridized carbons (Fsp3) is 0.316. The van der Waals surface area contributed by atoms with E-state index in [-0.39, 0.29) is 23.6 Å². The SMILES string of the molecule is COc1ccc([C@H](C)C(=O)N(C)[C@H](C)c2cccc([N+](=O)[O-])c2)cc1. The minimum Gasteiger partial charge on any atom is -0.497 e. The monoisotopic (exact) mass is 342 g/mol. The van der Waals surface area contributed by atoms with Gasteiger partial charge in [0.2, 0.25) is 5.91 Å². The topological polar surface area (TPSA) is 72.7 Å². The Labute approximate surface area is 147 Å². The summed E-state index contributed by atoms with van der Waals surface area (Å²) in [6.07, 6.45) is 0. The van der Waals surface area contributed by atoms with Gasteiger partial charge >= 0.3 is 0 Å². The van der Waals surface area contributed by atoms with Crippen molar-refractivity contribution in [1.29, 1.82) is 0 Å². The molecule has 2 atom stereocenters. The summed E-state index contributed by atoms with van der Waals surface area (Å²) in [7, 11) is 3.31. The first-order valence-corrected chi connectivity index (χ1v) is 8.00. The lowest BCUT2D eigenvalue weighted by molar-refractivity contribution is -0.384. The summed E-state index contributed by atoms with van der Waals surface area (Å²) in [5, 5.41) is 10.9. The molecule has 2 rings (SSSR count). The molecule has 2 aromatic carbocycles. The highest BCUT2D eigenvalue weighted by atomic mass is 16.6. The van der Waals surface area contributed by atoms with Gasteiger partial charge in [-0.1, -0.05) is 24.3 Å². The van der Waals surface area contributed by atoms with Crippen molar-refractivity contribution in [2.75, 3.05) is 14.2 Å². The first-order chi connectivity index (χ1) is 11.8. The zero-order chi connectivity index (χ0) is 18.6. The minimum atomic E-state index is -0.433. The van der Waals surface area contributed by atoms with Crippen molar-refractivity contribution < 1.29 is 14.5 Å². The standard InChI is InChI=1S/C19H22N2O4/c1-13(15-8-10-18(25-4)11-9-15)19(22)20(3)14(2)16-6-5-7-17(12-16)21(23)24/h5-14H,1-4H3/t13-,14+/m0/s1. The third kappa shape index (κ3) is 4.15. The number of carbonyl (C=O) groups excluding carboxylic acids is 1. The van der Waals surface area contributed by atoms with E-state index >= 15 is 0 Å². The molecule has 0 saturated heterocycles. The Kier molecular flexibility index (Phi) is 5.75. The number of hydrogen-bond acceptors (Lipinski definition) is 4. The van der Waals surface area contributed by atoms with Gasteiger partial charge in [-0.25, -0.2) is 0 Å². The largest absolute Gasteiger partial charge is 0.497 e. The highest BCUT2D eigenvalue weighted by Crippen LogP contribution is 2.27. The number of carbonyl (C=O) groups is 1. The Hall–Kier alpha value is -2.89. The molecule has 2 aromatic rings. The second kappa shape index (κ2) is 7.79. The van der Waals surface area contributed by atoms with E-state index in [4.69, 9.17) is 4.74 Å². The Morgan fingerprint density at radius 2 is 1.76 bits per heavy atom. The van der Waals surface area contributed by atoms with Crippen LogP contribution in [0.25, 0.3) is 0 Å². The molecule has 6 heteroatoms. The molecule has 0 N–H and O–H groups in total. The van der Waals surface area contributed by atoms with Crippen molar-refractivity contribution in [3.8, 4) is 5.75 Å². The maximum absolute atomic E-state index is 12.8. The van der Waals surface area contributed by atoms with E-state index in [1.165, 1.54) is 12.1 Å². The molecule has 0 saturated carbocycles. The maximum Gasteiger partial charge on any atom is 0.269 e. The van der Waals surface area contributed by atoms with E-state index in [0.717, 1.165) is 16.9 Å². The number of likely N-dealkylation sites (N-methyl/N-ethyl adjacent to an activating group) is 1. The molecule has 0 radical (unpaired) electrons. The Morgan fingerprint density at radius 3 is 2.32 bits per heavy atom. The smallest absolute Gasteiger partial charge is 0.269 e. The summed E-state index contributed by atoms with van der Waals surface area (Å²) >= 11 is 0. The quantitative estimate of drug-likeness (QED) is 0.589. The Bertz CT molecular complexity index is 758. The van der Waals surface area contributed by atoms with Crippen molar-refractivity contribution in [3.63, 3.8) is 0 Å². The normalized spacial score (nSPS) is 13.0. The lowest BCUT2D eigenvalue weighted by atomic mass is 9.98. The number of nitro benzene ring substituents is 1. The van der Waals surface area contributed by atoms with Crippen LogP contribution in [0.15, 0.2) is 48.5 Å². The molecule has 6 nitrogen and oxygen atoms in total. The van der Waals surface area contributed by atoms with Gasteiger partial charge in [-0.2, -0.15) is 0 Å². The van der Waals surface area contributed by atoms with Crippen molar-refractivity contribution in [2.24, 2.45) is 0 Å². The molecule has 25 heavy (non-hydrogen) atoms. The molecule has 1 amide bonds. The van der Waals surface area contributed by atoms with E-state index in [0.29, 0.717) is 0 Å². The highest BCUT2D eigenvalue weighted by molar-refractivity contribution is 5.83. The molecule has 0 aliphatic carbocycles. The van der Waals surface area contributed by atoms with Gasteiger partial charge in [0.15, 0.2) is 0 Å². The molecule has 132 valence electrons. The minimum absolute atomic E-state index is 0.0217. The van der Waals surface area contributed by atoms with E-state index in [1.54, 1.807) is 31.2 Å². The number of ether oxygens (including phenoxy) is 1. The molecule has 0 aliphatic rings. The molecule has 0 heterocycles. The fourth-order valence-electron chi connectivity index (χ4n) is 2.65. The molecular formula is C19H22N2O4. The predicted molar refractivity (Wildman–Crippen MR) is 95.7 cm³/mol. The van der Waals surface area contributed by atoms with Crippen molar-refractivity contribution >= 4 is 11.6 Å². The molecule has 0 unspecified atom stereocenters. The number of rotatable bonds is 6. The van der Waals surface area contributed by atoms with Crippen LogP contribution >= 0.6 is 0 Å². The van der Waals surface area contributed by atoms with Crippen LogP contribution in [-0.2, 0) is 4.79 Å². The predicted octanol–water partition coefficient (Wildman–Crippen LogP) is 3.93. The van der Waals surface area contributed by atoms with Gasteiger partial charge in [-0.3, -0.25) is 14.9 Å².